The van der Waals surface area contributed by atoms with Gasteiger partial charge in [-0.3, -0.25) is 14.5 Å². The molecular weight excluding hydrogens is 392 g/mol. The predicted molar refractivity (Wildman–Crippen MR) is 122 cm³/mol. The number of imide groups is 1. The summed E-state index contributed by atoms with van der Waals surface area (Å²) >= 11 is 0. The summed E-state index contributed by atoms with van der Waals surface area (Å²) in [7, 11) is 1.60. The molecule has 0 fully saturated rings. The minimum absolute atomic E-state index is 0.0533. The van der Waals surface area contributed by atoms with Gasteiger partial charge in [0.1, 0.15) is 11.4 Å². The van der Waals surface area contributed by atoms with Gasteiger partial charge in [-0.05, 0) is 69.0 Å². The number of anilines is 1. The molecule has 0 aliphatic carbocycles. The number of hydrogen-bond acceptors (Lipinski definition) is 5. The van der Waals surface area contributed by atoms with Gasteiger partial charge in [-0.25, -0.2) is 0 Å². The van der Waals surface area contributed by atoms with Crippen molar-refractivity contribution in [1.29, 1.82) is 0 Å². The number of methoxy groups -OCH3 is 1. The second-order valence-electron chi connectivity index (χ2n) is 7.92. The third-order valence-corrected chi connectivity index (χ3v) is 5.28. The van der Waals surface area contributed by atoms with Gasteiger partial charge in [-0.2, -0.15) is 0 Å². The molecule has 1 N–H and O–H groups in total. The van der Waals surface area contributed by atoms with Crippen LogP contribution in [0.1, 0.15) is 37.0 Å². The number of carbonyl (C=O) groups is 2. The molecule has 0 saturated carbocycles. The van der Waals surface area contributed by atoms with E-state index in [1.54, 1.807) is 7.11 Å². The molecular formula is C25H30N2O4. The maximum atomic E-state index is 13.3. The predicted octanol–water partition coefficient (Wildman–Crippen LogP) is 4.32. The zero-order valence-corrected chi connectivity index (χ0v) is 18.8. The molecule has 0 atom stereocenters. The quantitative estimate of drug-likeness (QED) is 0.482. The van der Waals surface area contributed by atoms with Crippen LogP contribution in [0.15, 0.2) is 48.2 Å². The Hall–Kier alpha value is -3.12. The number of benzene rings is 2. The molecule has 1 aliphatic heterocycles. The van der Waals surface area contributed by atoms with Crippen molar-refractivity contribution in [2.45, 2.75) is 40.2 Å². The van der Waals surface area contributed by atoms with Crippen molar-refractivity contribution in [2.75, 3.05) is 25.6 Å². The van der Waals surface area contributed by atoms with Crippen molar-refractivity contribution in [3.05, 3.63) is 64.9 Å². The van der Waals surface area contributed by atoms with E-state index in [1.807, 2.05) is 70.2 Å². The zero-order valence-electron chi connectivity index (χ0n) is 18.8. The van der Waals surface area contributed by atoms with E-state index in [0.29, 0.717) is 36.4 Å². The lowest BCUT2D eigenvalue weighted by molar-refractivity contribution is -0.136. The maximum Gasteiger partial charge on any atom is 0.278 e. The molecule has 0 saturated heterocycles. The fraction of sp³-hybridized carbons (Fsp3) is 0.360. The van der Waals surface area contributed by atoms with E-state index in [0.717, 1.165) is 22.6 Å². The van der Waals surface area contributed by atoms with Gasteiger partial charge in [-0.15, -0.1) is 0 Å². The van der Waals surface area contributed by atoms with Crippen molar-refractivity contribution >= 4 is 23.1 Å². The summed E-state index contributed by atoms with van der Waals surface area (Å²) in [6.07, 6.45) is 0.636. The van der Waals surface area contributed by atoms with Crippen LogP contribution in [-0.4, -0.2) is 43.1 Å². The van der Waals surface area contributed by atoms with Crippen molar-refractivity contribution in [1.82, 2.24) is 4.90 Å². The summed E-state index contributed by atoms with van der Waals surface area (Å²) in [4.78, 5) is 27.8. The van der Waals surface area contributed by atoms with Gasteiger partial charge in [0, 0.05) is 25.9 Å². The molecule has 3 rings (SSSR count). The van der Waals surface area contributed by atoms with E-state index in [4.69, 9.17) is 9.47 Å². The molecule has 6 nitrogen and oxygen atoms in total. The maximum absolute atomic E-state index is 13.3. The third-order valence-electron chi connectivity index (χ3n) is 5.28. The van der Waals surface area contributed by atoms with Gasteiger partial charge in [-0.1, -0.05) is 24.3 Å². The van der Waals surface area contributed by atoms with Crippen LogP contribution in [0.3, 0.4) is 0 Å². The Kier molecular flexibility index (Phi) is 7.13. The van der Waals surface area contributed by atoms with Crippen molar-refractivity contribution in [3.63, 3.8) is 0 Å². The molecule has 0 bridgehead atoms. The van der Waals surface area contributed by atoms with Crippen LogP contribution in [0.4, 0.5) is 5.69 Å². The van der Waals surface area contributed by atoms with Crippen LogP contribution in [0.25, 0.3) is 5.57 Å². The first-order valence-corrected chi connectivity index (χ1v) is 10.5. The monoisotopic (exact) mass is 422 g/mol. The summed E-state index contributed by atoms with van der Waals surface area (Å²) in [5.74, 6) is 0.100. The van der Waals surface area contributed by atoms with Gasteiger partial charge in [0.2, 0.25) is 0 Å². The smallest absolute Gasteiger partial charge is 0.278 e. The number of amides is 2. The number of aryl methyl sites for hydroxylation is 1. The summed E-state index contributed by atoms with van der Waals surface area (Å²) in [6.45, 7) is 8.71. The van der Waals surface area contributed by atoms with Crippen LogP contribution in [-0.2, 0) is 14.3 Å². The summed E-state index contributed by atoms with van der Waals surface area (Å²) < 4.78 is 10.8. The Labute approximate surface area is 183 Å². The van der Waals surface area contributed by atoms with Gasteiger partial charge in [0.05, 0.1) is 11.7 Å². The Morgan fingerprint density at radius 3 is 2.35 bits per heavy atom. The fourth-order valence-electron chi connectivity index (χ4n) is 3.52. The van der Waals surface area contributed by atoms with Crippen LogP contribution in [0.5, 0.6) is 5.75 Å². The summed E-state index contributed by atoms with van der Waals surface area (Å²) in [6, 6.07) is 13.1. The molecule has 31 heavy (non-hydrogen) atoms. The number of hydrogen-bond donors (Lipinski definition) is 1. The lowest BCUT2D eigenvalue weighted by Crippen LogP contribution is -2.34. The van der Waals surface area contributed by atoms with Crippen molar-refractivity contribution in [2.24, 2.45) is 0 Å². The van der Waals surface area contributed by atoms with Gasteiger partial charge in [0.15, 0.2) is 0 Å². The van der Waals surface area contributed by atoms with Gasteiger partial charge < -0.3 is 14.8 Å². The topological polar surface area (TPSA) is 67.9 Å². The molecule has 6 heteroatoms. The van der Waals surface area contributed by atoms with Crippen LogP contribution >= 0.6 is 0 Å². The third kappa shape index (κ3) is 4.97. The van der Waals surface area contributed by atoms with Gasteiger partial charge in [0.25, 0.3) is 11.8 Å². The highest BCUT2D eigenvalue weighted by Gasteiger charge is 2.39. The largest absolute Gasteiger partial charge is 0.491 e. The molecule has 2 amide bonds. The number of carbonyl (C=O) groups excluding carboxylic acids is 2. The first-order chi connectivity index (χ1) is 14.8. The average Bonchev–Trinajstić information content (AvgIpc) is 2.96. The lowest BCUT2D eigenvalue weighted by Gasteiger charge is -2.15. The minimum Gasteiger partial charge on any atom is -0.491 e. The molecule has 164 valence electrons. The normalized spacial score (nSPS) is 14.1. The van der Waals surface area contributed by atoms with Crippen molar-refractivity contribution in [3.8, 4) is 5.75 Å². The number of rotatable bonds is 9. The highest BCUT2D eigenvalue weighted by molar-refractivity contribution is 6.36. The van der Waals surface area contributed by atoms with Crippen LogP contribution in [0.2, 0.25) is 0 Å². The van der Waals surface area contributed by atoms with E-state index in [9.17, 15) is 9.59 Å². The first-order valence-electron chi connectivity index (χ1n) is 10.5. The van der Waals surface area contributed by atoms with E-state index < -0.39 is 0 Å². The second-order valence-corrected chi connectivity index (χ2v) is 7.92. The van der Waals surface area contributed by atoms with Crippen LogP contribution in [0, 0.1) is 13.8 Å². The molecule has 0 radical (unpaired) electrons. The summed E-state index contributed by atoms with van der Waals surface area (Å²) in [5, 5.41) is 3.25. The highest BCUT2D eigenvalue weighted by Crippen LogP contribution is 2.32. The van der Waals surface area contributed by atoms with Crippen LogP contribution < -0.4 is 10.1 Å². The zero-order chi connectivity index (χ0) is 22.5. The SMILES string of the molecule is COCCCN1C(=O)C(Nc2cccc(C)c2C)=C(c2ccc(OC(C)C)cc2)C1=O. The summed E-state index contributed by atoms with van der Waals surface area (Å²) in [5.41, 5.74) is 4.31. The van der Waals surface area contributed by atoms with Gasteiger partial charge >= 0.3 is 0 Å². The van der Waals surface area contributed by atoms with E-state index in [2.05, 4.69) is 5.32 Å². The Balaban J connectivity index is 2.00. The number of nitrogens with zero attached hydrogens (tertiary/aromatic N) is 1. The fourth-order valence-corrected chi connectivity index (χ4v) is 3.52. The average molecular weight is 423 g/mol. The Morgan fingerprint density at radius 2 is 1.71 bits per heavy atom. The minimum atomic E-state index is -0.320. The molecule has 0 unspecified atom stereocenters. The standard InChI is InChI=1S/C25H30N2O4/c1-16(2)31-20-12-10-19(11-13-20)22-23(26-21-9-6-8-17(3)18(21)4)25(29)27(24(22)28)14-7-15-30-5/h6,8-13,16,26H,7,14-15H2,1-5H3. The molecule has 2 aromatic carbocycles. The molecule has 0 aromatic heterocycles. The van der Waals surface area contributed by atoms with E-state index >= 15 is 0 Å². The number of nitrogens with one attached hydrogen (secondary N) is 1. The highest BCUT2D eigenvalue weighted by atomic mass is 16.5. The Morgan fingerprint density at radius 1 is 1.00 bits per heavy atom. The molecule has 2 aromatic rings. The number of ether oxygens (including phenoxy) is 2. The van der Waals surface area contributed by atoms with E-state index in [1.165, 1.54) is 4.90 Å². The molecule has 1 aliphatic rings. The Bertz CT molecular complexity index is 993. The van der Waals surface area contributed by atoms with Crippen molar-refractivity contribution < 1.29 is 19.1 Å². The lowest BCUT2D eigenvalue weighted by atomic mass is 10.0. The second kappa shape index (κ2) is 9.79. The first kappa shape index (κ1) is 22.6. The molecule has 0 spiro atoms. The van der Waals surface area contributed by atoms with E-state index in [-0.39, 0.29) is 17.9 Å². The molecule has 1 heterocycles.